The highest BCUT2D eigenvalue weighted by Crippen LogP contribution is 2.42. The molecule has 2 bridgehead atoms. The fourth-order valence-corrected chi connectivity index (χ4v) is 6.93. The van der Waals surface area contributed by atoms with Crippen molar-refractivity contribution in [1.82, 2.24) is 19.8 Å². The van der Waals surface area contributed by atoms with Crippen LogP contribution in [0.25, 0.3) is 11.0 Å². The molecule has 2 aliphatic rings. The summed E-state index contributed by atoms with van der Waals surface area (Å²) in [7, 11) is 1.66. The Morgan fingerprint density at radius 3 is 2.42 bits per heavy atom. The maximum absolute atomic E-state index is 13.4. The molecular formula is C33H39N5O2. The van der Waals surface area contributed by atoms with Gasteiger partial charge in [0.05, 0.1) is 18.1 Å². The molecule has 2 saturated heterocycles. The Morgan fingerprint density at radius 2 is 1.65 bits per heavy atom. The number of carbonyl (C=O) groups is 1. The number of rotatable bonds is 9. The van der Waals surface area contributed by atoms with Gasteiger partial charge in [0, 0.05) is 49.0 Å². The quantitative estimate of drug-likeness (QED) is 0.271. The second-order valence-corrected chi connectivity index (χ2v) is 11.1. The summed E-state index contributed by atoms with van der Waals surface area (Å²) in [6.45, 7) is 4.25. The summed E-state index contributed by atoms with van der Waals surface area (Å²) in [5.74, 6) is 1.91. The van der Waals surface area contributed by atoms with Crippen LogP contribution in [0.3, 0.4) is 0 Å². The molecule has 6 rings (SSSR count). The number of nitrogens with zero attached hydrogens (tertiary/aromatic N) is 4. The molecule has 4 aromatic rings. The van der Waals surface area contributed by atoms with Crippen molar-refractivity contribution < 1.29 is 9.53 Å². The molecule has 3 aromatic carbocycles. The molecule has 1 aromatic heterocycles. The number of benzene rings is 3. The molecule has 2 amide bonds. The predicted molar refractivity (Wildman–Crippen MR) is 160 cm³/mol. The monoisotopic (exact) mass is 537 g/mol. The number of hydrogen-bond donors (Lipinski definition) is 1. The molecule has 208 valence electrons. The zero-order valence-electron chi connectivity index (χ0n) is 23.5. The first-order valence-electron chi connectivity index (χ1n) is 14.5. The van der Waals surface area contributed by atoms with E-state index in [4.69, 9.17) is 9.72 Å². The van der Waals surface area contributed by atoms with Crippen molar-refractivity contribution in [3.63, 3.8) is 0 Å². The van der Waals surface area contributed by atoms with E-state index in [0.29, 0.717) is 31.2 Å². The van der Waals surface area contributed by atoms with Gasteiger partial charge in [-0.15, -0.1) is 0 Å². The van der Waals surface area contributed by atoms with Gasteiger partial charge in [-0.1, -0.05) is 48.5 Å². The molecule has 7 heteroatoms. The average molecular weight is 538 g/mol. The van der Waals surface area contributed by atoms with Crippen LogP contribution in [0.1, 0.15) is 49.5 Å². The maximum atomic E-state index is 13.4. The Bertz CT molecular complexity index is 1440. The highest BCUT2D eigenvalue weighted by molar-refractivity contribution is 5.91. The van der Waals surface area contributed by atoms with Crippen LogP contribution in [-0.2, 0) is 6.54 Å². The fourth-order valence-electron chi connectivity index (χ4n) is 6.93. The standard InChI is InChI=1S/C33H39N5O2/c1-24-35-30-14-7-8-15-31(30)38(24)29-21-27-17-18-28(22-29)36(27)19-10-20-37(26-12-4-3-5-13-26)33(39)34-23-25-11-6-9-16-32(25)40-2/h3-9,11-16,27-29H,10,17-23H2,1-2H3,(H,34,39)/t27-,28+,29?. The lowest BCUT2D eigenvalue weighted by atomic mass is 9.96. The number of ether oxygens (including phenoxy) is 1. The molecule has 0 aliphatic carbocycles. The molecule has 3 heterocycles. The van der Waals surface area contributed by atoms with Crippen LogP contribution in [0.2, 0.25) is 0 Å². The van der Waals surface area contributed by atoms with Crippen molar-refractivity contribution in [3.05, 3.63) is 90.3 Å². The third kappa shape index (κ3) is 5.30. The van der Waals surface area contributed by atoms with Crippen LogP contribution in [0.15, 0.2) is 78.9 Å². The first-order valence-corrected chi connectivity index (χ1v) is 14.5. The van der Waals surface area contributed by atoms with Crippen molar-refractivity contribution in [2.24, 2.45) is 0 Å². The lowest BCUT2D eigenvalue weighted by Crippen LogP contribution is -2.45. The predicted octanol–water partition coefficient (Wildman–Crippen LogP) is 6.33. The topological polar surface area (TPSA) is 62.6 Å². The number of anilines is 1. The van der Waals surface area contributed by atoms with Crippen LogP contribution in [0.5, 0.6) is 5.75 Å². The molecule has 3 atom stereocenters. The summed E-state index contributed by atoms with van der Waals surface area (Å²) in [6.07, 6.45) is 5.78. The zero-order valence-corrected chi connectivity index (χ0v) is 23.5. The van der Waals surface area contributed by atoms with Gasteiger partial charge in [0.25, 0.3) is 0 Å². The zero-order chi connectivity index (χ0) is 27.5. The SMILES string of the molecule is COc1ccccc1CNC(=O)N(CCCN1[C@@H]2CC[C@H]1CC(n1c(C)nc3ccccc31)C2)c1ccccc1. The summed E-state index contributed by atoms with van der Waals surface area (Å²) in [4.78, 5) is 22.8. The van der Waals surface area contributed by atoms with Crippen molar-refractivity contribution in [1.29, 1.82) is 0 Å². The van der Waals surface area contributed by atoms with Gasteiger partial charge >= 0.3 is 6.03 Å². The first-order chi connectivity index (χ1) is 19.6. The van der Waals surface area contributed by atoms with Crippen LogP contribution >= 0.6 is 0 Å². The minimum atomic E-state index is -0.0822. The molecule has 7 nitrogen and oxygen atoms in total. The van der Waals surface area contributed by atoms with E-state index in [0.717, 1.165) is 41.3 Å². The smallest absolute Gasteiger partial charge is 0.322 e. The van der Waals surface area contributed by atoms with Gasteiger partial charge < -0.3 is 14.6 Å². The van der Waals surface area contributed by atoms with E-state index in [2.05, 4.69) is 46.0 Å². The van der Waals surface area contributed by atoms with E-state index in [1.54, 1.807) is 7.11 Å². The number of methoxy groups -OCH3 is 1. The number of aromatic nitrogens is 2. The van der Waals surface area contributed by atoms with Crippen LogP contribution in [0, 0.1) is 6.92 Å². The van der Waals surface area contributed by atoms with E-state index in [1.165, 1.54) is 31.2 Å². The first kappa shape index (κ1) is 26.4. The number of amides is 2. The van der Waals surface area contributed by atoms with Crippen molar-refractivity contribution in [2.75, 3.05) is 25.1 Å². The van der Waals surface area contributed by atoms with Crippen molar-refractivity contribution in [2.45, 2.75) is 63.7 Å². The van der Waals surface area contributed by atoms with Gasteiger partial charge in [-0.3, -0.25) is 9.80 Å². The fraction of sp³-hybridized carbons (Fsp3) is 0.394. The summed E-state index contributed by atoms with van der Waals surface area (Å²) in [5, 5.41) is 3.12. The summed E-state index contributed by atoms with van der Waals surface area (Å²) < 4.78 is 7.95. The Labute approximate surface area is 236 Å². The van der Waals surface area contributed by atoms with Gasteiger partial charge in [-0.05, 0) is 69.4 Å². The number of urea groups is 1. The molecule has 2 aliphatic heterocycles. The maximum Gasteiger partial charge on any atom is 0.322 e. The second kappa shape index (κ2) is 11.7. The lowest BCUT2D eigenvalue weighted by molar-refractivity contribution is 0.107. The third-order valence-corrected chi connectivity index (χ3v) is 8.73. The highest BCUT2D eigenvalue weighted by Gasteiger charge is 2.41. The third-order valence-electron chi connectivity index (χ3n) is 8.73. The van der Waals surface area contributed by atoms with Gasteiger partial charge in [-0.2, -0.15) is 0 Å². The highest BCUT2D eigenvalue weighted by atomic mass is 16.5. The number of piperidine rings is 1. The van der Waals surface area contributed by atoms with E-state index < -0.39 is 0 Å². The van der Waals surface area contributed by atoms with Gasteiger partial charge in [0.1, 0.15) is 11.6 Å². The van der Waals surface area contributed by atoms with Crippen LogP contribution in [0.4, 0.5) is 10.5 Å². The van der Waals surface area contributed by atoms with E-state index >= 15 is 0 Å². The number of carbonyl (C=O) groups excluding carboxylic acids is 1. The van der Waals surface area contributed by atoms with Crippen molar-refractivity contribution >= 4 is 22.8 Å². The number of aryl methyl sites for hydroxylation is 1. The lowest BCUT2D eigenvalue weighted by Gasteiger charge is -2.40. The van der Waals surface area contributed by atoms with Crippen LogP contribution < -0.4 is 15.0 Å². The largest absolute Gasteiger partial charge is 0.496 e. The van der Waals surface area contributed by atoms with Gasteiger partial charge in [0.15, 0.2) is 0 Å². The summed E-state index contributed by atoms with van der Waals surface area (Å²) in [6, 6.07) is 27.9. The van der Waals surface area contributed by atoms with E-state index in [-0.39, 0.29) is 6.03 Å². The number of hydrogen-bond acceptors (Lipinski definition) is 4. The van der Waals surface area contributed by atoms with Gasteiger partial charge in [0.2, 0.25) is 0 Å². The number of imidazole rings is 1. The molecule has 0 radical (unpaired) electrons. The number of para-hydroxylation sites is 4. The molecule has 40 heavy (non-hydrogen) atoms. The number of nitrogens with one attached hydrogen (secondary N) is 1. The molecule has 0 saturated carbocycles. The van der Waals surface area contributed by atoms with E-state index in [9.17, 15) is 4.79 Å². The van der Waals surface area contributed by atoms with Crippen molar-refractivity contribution in [3.8, 4) is 5.75 Å². The minimum absolute atomic E-state index is 0.0822. The number of fused-ring (bicyclic) bond motifs is 3. The summed E-state index contributed by atoms with van der Waals surface area (Å²) in [5.41, 5.74) is 4.24. The molecule has 1 unspecified atom stereocenters. The Kier molecular flexibility index (Phi) is 7.73. The Balaban J connectivity index is 1.09. The normalized spacial score (nSPS) is 20.5. The van der Waals surface area contributed by atoms with Crippen LogP contribution in [-0.4, -0.2) is 52.8 Å². The molecule has 2 fully saturated rings. The minimum Gasteiger partial charge on any atom is -0.496 e. The molecule has 1 N–H and O–H groups in total. The Morgan fingerprint density at radius 1 is 0.950 bits per heavy atom. The second-order valence-electron chi connectivity index (χ2n) is 11.1. The molecular weight excluding hydrogens is 498 g/mol. The van der Waals surface area contributed by atoms with E-state index in [1.807, 2.05) is 59.5 Å². The van der Waals surface area contributed by atoms with Gasteiger partial charge in [-0.25, -0.2) is 9.78 Å². The Hall–Kier alpha value is -3.84. The molecule has 0 spiro atoms. The summed E-state index contributed by atoms with van der Waals surface area (Å²) >= 11 is 0. The average Bonchev–Trinajstić information content (AvgIpc) is 3.44.